The quantitative estimate of drug-likeness (QED) is 0.263. The third kappa shape index (κ3) is 1.75. The highest BCUT2D eigenvalue weighted by Crippen LogP contribution is 2.63. The molecule has 1 aromatic heterocycles. The Morgan fingerprint density at radius 1 is 0.438 bits per heavy atom. The van der Waals surface area contributed by atoms with E-state index in [1.54, 1.807) is 0 Å². The van der Waals surface area contributed by atoms with Crippen molar-refractivity contribution in [2.45, 2.75) is 5.41 Å². The molecule has 5 aromatic carbocycles. The monoisotopic (exact) mass is 407 g/mol. The average molecular weight is 408 g/mol. The SMILES string of the molecule is [HH].c1ccc2c(c1)-c1ccccc1C21c2ccccc2-c2cc3[nH]c4ccccc4c3cc21. The molecule has 0 unspecified atom stereocenters. The molecule has 1 spiro atoms. The van der Waals surface area contributed by atoms with Gasteiger partial charge in [-0.15, -0.1) is 0 Å². The number of para-hydroxylation sites is 1. The number of hydrogen-bond acceptors (Lipinski definition) is 0. The number of H-pyrrole nitrogens is 1. The predicted molar refractivity (Wildman–Crippen MR) is 134 cm³/mol. The number of nitrogens with one attached hydrogen (secondary N) is 1. The molecule has 1 N–H and O–H groups in total. The smallest absolute Gasteiger partial charge is 0.0725 e. The Morgan fingerprint density at radius 2 is 0.969 bits per heavy atom. The Labute approximate surface area is 187 Å². The molecule has 0 saturated carbocycles. The van der Waals surface area contributed by atoms with E-state index in [1.165, 1.54) is 66.3 Å². The Bertz CT molecular complexity index is 1690. The number of aromatic nitrogens is 1. The molecule has 150 valence electrons. The van der Waals surface area contributed by atoms with Gasteiger partial charge in [0, 0.05) is 23.2 Å². The highest BCUT2D eigenvalue weighted by Gasteiger charge is 2.51. The summed E-state index contributed by atoms with van der Waals surface area (Å²) in [6, 6.07) is 40.4. The molecule has 0 aliphatic heterocycles. The molecule has 2 aliphatic rings. The molecule has 0 saturated heterocycles. The Kier molecular flexibility index (Phi) is 2.89. The van der Waals surface area contributed by atoms with Gasteiger partial charge in [-0.25, -0.2) is 0 Å². The molecule has 0 radical (unpaired) electrons. The molecule has 1 nitrogen and oxygen atoms in total. The van der Waals surface area contributed by atoms with Crippen LogP contribution in [0.3, 0.4) is 0 Å². The Morgan fingerprint density at radius 3 is 1.62 bits per heavy atom. The van der Waals surface area contributed by atoms with E-state index in [4.69, 9.17) is 0 Å². The van der Waals surface area contributed by atoms with E-state index in [9.17, 15) is 0 Å². The van der Waals surface area contributed by atoms with E-state index in [0.29, 0.717) is 0 Å². The van der Waals surface area contributed by atoms with Crippen LogP contribution in [0.1, 0.15) is 23.7 Å². The van der Waals surface area contributed by atoms with Crippen LogP contribution in [0.5, 0.6) is 0 Å². The van der Waals surface area contributed by atoms with Crippen molar-refractivity contribution in [2.24, 2.45) is 0 Å². The van der Waals surface area contributed by atoms with E-state index in [-0.39, 0.29) is 6.84 Å². The van der Waals surface area contributed by atoms with E-state index in [0.717, 1.165) is 0 Å². The lowest BCUT2D eigenvalue weighted by Gasteiger charge is -2.30. The van der Waals surface area contributed by atoms with Gasteiger partial charge in [-0.1, -0.05) is 91.0 Å². The topological polar surface area (TPSA) is 15.8 Å². The van der Waals surface area contributed by atoms with Gasteiger partial charge in [-0.05, 0) is 62.7 Å². The van der Waals surface area contributed by atoms with Crippen LogP contribution in [0, 0.1) is 0 Å². The first-order chi connectivity index (χ1) is 15.9. The molecule has 0 atom stereocenters. The predicted octanol–water partition coefficient (Wildman–Crippen LogP) is 7.91. The van der Waals surface area contributed by atoms with Crippen molar-refractivity contribution >= 4 is 21.8 Å². The fourth-order valence-electron chi connectivity index (χ4n) is 6.44. The summed E-state index contributed by atoms with van der Waals surface area (Å²) in [4.78, 5) is 3.66. The van der Waals surface area contributed by atoms with Crippen molar-refractivity contribution in [2.75, 3.05) is 0 Å². The third-order valence-corrected chi connectivity index (χ3v) is 7.62. The lowest BCUT2D eigenvalue weighted by molar-refractivity contribution is 0.795. The zero-order valence-electron chi connectivity index (χ0n) is 17.4. The number of hydrogen-bond donors (Lipinski definition) is 1. The van der Waals surface area contributed by atoms with Crippen LogP contribution in [-0.4, -0.2) is 4.98 Å². The molecular formula is C31H21N. The summed E-state index contributed by atoms with van der Waals surface area (Å²) >= 11 is 0. The molecule has 0 bridgehead atoms. The second-order valence-corrected chi connectivity index (χ2v) is 9.00. The first-order valence-electron chi connectivity index (χ1n) is 11.2. The van der Waals surface area contributed by atoms with Crippen LogP contribution in [0.15, 0.2) is 109 Å². The highest BCUT2D eigenvalue weighted by molar-refractivity contribution is 6.10. The second-order valence-electron chi connectivity index (χ2n) is 9.00. The van der Waals surface area contributed by atoms with E-state index >= 15 is 0 Å². The summed E-state index contributed by atoms with van der Waals surface area (Å²) in [6.45, 7) is 0. The van der Waals surface area contributed by atoms with Gasteiger partial charge in [0.05, 0.1) is 5.41 Å². The summed E-state index contributed by atoms with van der Waals surface area (Å²) < 4.78 is 0. The first kappa shape index (κ1) is 16.6. The molecule has 8 rings (SSSR count). The molecule has 1 heterocycles. The number of fused-ring (bicyclic) bond motifs is 13. The van der Waals surface area contributed by atoms with Gasteiger partial charge in [-0.3, -0.25) is 0 Å². The number of benzene rings is 5. The minimum Gasteiger partial charge on any atom is -0.354 e. The maximum absolute atomic E-state index is 3.66. The molecule has 0 amide bonds. The molecule has 2 aliphatic carbocycles. The van der Waals surface area contributed by atoms with Gasteiger partial charge in [0.1, 0.15) is 0 Å². The molecule has 0 fully saturated rings. The summed E-state index contributed by atoms with van der Waals surface area (Å²) in [5.41, 5.74) is 13.1. The lowest BCUT2D eigenvalue weighted by Crippen LogP contribution is -2.25. The summed E-state index contributed by atoms with van der Waals surface area (Å²) in [7, 11) is 0. The van der Waals surface area contributed by atoms with Crippen LogP contribution >= 0.6 is 0 Å². The van der Waals surface area contributed by atoms with Gasteiger partial charge in [-0.2, -0.15) is 0 Å². The van der Waals surface area contributed by atoms with Gasteiger partial charge in [0.25, 0.3) is 0 Å². The van der Waals surface area contributed by atoms with Gasteiger partial charge >= 0.3 is 0 Å². The van der Waals surface area contributed by atoms with Crippen LogP contribution in [0.25, 0.3) is 44.1 Å². The normalized spacial score (nSPS) is 14.5. The largest absolute Gasteiger partial charge is 0.354 e. The summed E-state index contributed by atoms with van der Waals surface area (Å²) in [6.07, 6.45) is 0. The lowest BCUT2D eigenvalue weighted by atomic mass is 9.70. The van der Waals surface area contributed by atoms with Crippen LogP contribution in [0.2, 0.25) is 0 Å². The Balaban J connectivity index is 0.00000190. The molecular weight excluding hydrogens is 386 g/mol. The fraction of sp³-hybridized carbons (Fsp3) is 0.0323. The first-order valence-corrected chi connectivity index (χ1v) is 11.2. The van der Waals surface area contributed by atoms with Crippen LogP contribution < -0.4 is 0 Å². The van der Waals surface area contributed by atoms with E-state index in [2.05, 4.69) is 114 Å². The van der Waals surface area contributed by atoms with E-state index in [1.807, 2.05) is 0 Å². The molecule has 1 heteroatoms. The zero-order chi connectivity index (χ0) is 20.9. The van der Waals surface area contributed by atoms with E-state index < -0.39 is 0 Å². The van der Waals surface area contributed by atoms with Crippen molar-refractivity contribution in [1.29, 1.82) is 0 Å². The maximum atomic E-state index is 3.66. The van der Waals surface area contributed by atoms with Crippen molar-refractivity contribution in [3.63, 3.8) is 0 Å². The van der Waals surface area contributed by atoms with Crippen molar-refractivity contribution in [1.82, 2.24) is 4.98 Å². The van der Waals surface area contributed by atoms with Crippen LogP contribution in [-0.2, 0) is 5.41 Å². The maximum Gasteiger partial charge on any atom is 0.0725 e. The Hall–Kier alpha value is -4.10. The molecule has 6 aromatic rings. The van der Waals surface area contributed by atoms with Crippen LogP contribution in [0.4, 0.5) is 0 Å². The van der Waals surface area contributed by atoms with Gasteiger partial charge in [0.15, 0.2) is 0 Å². The standard InChI is InChI=1S/C31H19N.H2/c1-5-13-25-19(9-1)20-10-2-6-14-26(20)31(25)27-15-7-3-11-21(27)23-18-30-24(17-28(23)31)22-12-4-8-16-29(22)32-30;/h1-18,32H;1H. The second kappa shape index (κ2) is 5.57. The third-order valence-electron chi connectivity index (χ3n) is 7.62. The minimum absolute atomic E-state index is 0. The summed E-state index contributed by atoms with van der Waals surface area (Å²) in [5, 5.41) is 2.59. The van der Waals surface area contributed by atoms with Gasteiger partial charge in [0.2, 0.25) is 0 Å². The zero-order valence-corrected chi connectivity index (χ0v) is 17.4. The molecule has 32 heavy (non-hydrogen) atoms. The van der Waals surface area contributed by atoms with Crippen molar-refractivity contribution in [3.05, 3.63) is 131 Å². The fourth-order valence-corrected chi connectivity index (χ4v) is 6.44. The average Bonchev–Trinajstić information content (AvgIpc) is 3.46. The summed E-state index contributed by atoms with van der Waals surface area (Å²) in [5.74, 6) is 0. The van der Waals surface area contributed by atoms with Gasteiger partial charge < -0.3 is 4.98 Å². The minimum atomic E-state index is -0.272. The number of rotatable bonds is 0. The van der Waals surface area contributed by atoms with Crippen molar-refractivity contribution in [3.8, 4) is 22.3 Å². The highest BCUT2D eigenvalue weighted by atomic mass is 14.7. The number of aromatic amines is 1. The van der Waals surface area contributed by atoms with Crippen molar-refractivity contribution < 1.29 is 1.43 Å².